The lowest BCUT2D eigenvalue weighted by molar-refractivity contribution is 0.0818. The van der Waals surface area contributed by atoms with Crippen molar-refractivity contribution in [3.8, 4) is 11.5 Å². The van der Waals surface area contributed by atoms with E-state index in [9.17, 15) is 4.79 Å². The molecule has 0 unspecified atom stereocenters. The molecule has 0 bridgehead atoms. The van der Waals surface area contributed by atoms with Crippen molar-refractivity contribution in [3.05, 3.63) is 41.2 Å². The van der Waals surface area contributed by atoms with Gasteiger partial charge in [0.05, 0.1) is 18.8 Å². The Hall–Kier alpha value is -2.54. The number of likely N-dealkylation sites (tertiary alicyclic amines) is 1. The van der Waals surface area contributed by atoms with Crippen molar-refractivity contribution in [2.75, 3.05) is 20.2 Å². The molecule has 1 saturated heterocycles. The van der Waals surface area contributed by atoms with Crippen molar-refractivity contribution in [1.29, 1.82) is 0 Å². The number of nitrogens with zero attached hydrogens (tertiary/aromatic N) is 3. The lowest BCUT2D eigenvalue weighted by Gasteiger charge is -2.34. The van der Waals surface area contributed by atoms with E-state index in [1.54, 1.807) is 30.0 Å². The van der Waals surface area contributed by atoms with Crippen molar-refractivity contribution < 1.29 is 14.3 Å². The lowest BCUT2D eigenvalue weighted by Crippen LogP contribution is -2.41. The number of benzene rings is 1. The molecule has 0 radical (unpaired) electrons. The molecule has 2 aromatic rings. The zero-order valence-electron chi connectivity index (χ0n) is 18.9. The molecule has 0 spiro atoms. The highest BCUT2D eigenvalue weighted by Crippen LogP contribution is 2.31. The quantitative estimate of drug-likeness (QED) is 0.751. The molecule has 1 aliphatic rings. The summed E-state index contributed by atoms with van der Waals surface area (Å²) in [7, 11) is 3.50. The summed E-state index contributed by atoms with van der Waals surface area (Å²) < 4.78 is 13.5. The third kappa shape index (κ3) is 5.14. The molecule has 1 amide bonds. The normalized spacial score (nSPS) is 16.5. The van der Waals surface area contributed by atoms with Crippen molar-refractivity contribution in [2.24, 2.45) is 7.05 Å². The van der Waals surface area contributed by atoms with Crippen molar-refractivity contribution in [1.82, 2.24) is 20.0 Å². The molecule has 1 fully saturated rings. The number of nitrogens with one attached hydrogen (secondary N) is 1. The van der Waals surface area contributed by atoms with Crippen molar-refractivity contribution in [2.45, 2.75) is 58.7 Å². The van der Waals surface area contributed by atoms with Crippen LogP contribution in [-0.4, -0.2) is 52.9 Å². The van der Waals surface area contributed by atoms with Gasteiger partial charge in [0, 0.05) is 43.5 Å². The molecule has 3 rings (SSSR count). The van der Waals surface area contributed by atoms with Gasteiger partial charge >= 0.3 is 0 Å². The van der Waals surface area contributed by atoms with E-state index in [0.29, 0.717) is 23.1 Å². The van der Waals surface area contributed by atoms with Gasteiger partial charge in [-0.1, -0.05) is 0 Å². The van der Waals surface area contributed by atoms with E-state index in [0.717, 1.165) is 37.2 Å². The second-order valence-corrected chi connectivity index (χ2v) is 8.35. The number of carbonyl (C=O) groups is 1. The molecule has 0 saturated carbocycles. The van der Waals surface area contributed by atoms with E-state index in [2.05, 4.69) is 29.2 Å². The zero-order chi connectivity index (χ0) is 21.8. The Morgan fingerprint density at radius 2 is 1.90 bits per heavy atom. The molecule has 164 valence electrons. The number of aromatic nitrogens is 2. The van der Waals surface area contributed by atoms with Crippen LogP contribution in [0.1, 0.15) is 61.3 Å². The number of hydrogen-bond acceptors (Lipinski definition) is 5. The summed E-state index contributed by atoms with van der Waals surface area (Å²) in [5.74, 6) is 1.13. The molecule has 7 heteroatoms. The fraction of sp³-hybridized carbons (Fsp3) is 0.565. The Balaban J connectivity index is 1.69. The van der Waals surface area contributed by atoms with E-state index in [1.165, 1.54) is 0 Å². The lowest BCUT2D eigenvalue weighted by atomic mass is 10.1. The first-order valence-electron chi connectivity index (χ1n) is 10.7. The average molecular weight is 415 g/mol. The molecular weight excluding hydrogens is 380 g/mol. The Morgan fingerprint density at radius 1 is 1.20 bits per heavy atom. The van der Waals surface area contributed by atoms with Crippen LogP contribution in [-0.2, 0) is 7.05 Å². The summed E-state index contributed by atoms with van der Waals surface area (Å²) in [4.78, 5) is 15.3. The van der Waals surface area contributed by atoms with Crippen molar-refractivity contribution >= 4 is 5.91 Å². The molecule has 1 atom stereocenters. The Bertz CT molecular complexity index is 869. The number of rotatable bonds is 7. The highest BCUT2D eigenvalue weighted by molar-refractivity contribution is 5.95. The van der Waals surface area contributed by atoms with Crippen LogP contribution in [0.3, 0.4) is 0 Å². The first-order chi connectivity index (χ1) is 14.3. The fourth-order valence-electron chi connectivity index (χ4n) is 4.00. The number of piperidine rings is 1. The second-order valence-electron chi connectivity index (χ2n) is 8.35. The zero-order valence-corrected chi connectivity index (χ0v) is 18.9. The molecule has 30 heavy (non-hydrogen) atoms. The van der Waals surface area contributed by atoms with Gasteiger partial charge in [0.25, 0.3) is 5.91 Å². The molecule has 1 N–H and O–H groups in total. The monoisotopic (exact) mass is 414 g/mol. The van der Waals surface area contributed by atoms with Gasteiger partial charge in [-0.2, -0.15) is 5.10 Å². The van der Waals surface area contributed by atoms with Gasteiger partial charge in [-0.15, -0.1) is 0 Å². The predicted octanol–water partition coefficient (Wildman–Crippen LogP) is 3.48. The van der Waals surface area contributed by atoms with Gasteiger partial charge in [-0.25, -0.2) is 0 Å². The summed E-state index contributed by atoms with van der Waals surface area (Å²) in [5, 5.41) is 7.41. The number of carbonyl (C=O) groups excluding carboxylic acids is 1. The molecule has 1 aliphatic heterocycles. The molecular formula is C23H34N4O3. The standard InChI is InChI=1S/C23H34N4O3/c1-15(2)27-11-9-19(10-12-27)30-22-13-18(7-8-21(22)29-6)23(28)24-16(3)20-14-26(5)25-17(20)4/h7-8,13-16,19H,9-12H2,1-6H3,(H,24,28)/t16-/m1/s1. The maximum atomic E-state index is 12.9. The summed E-state index contributed by atoms with van der Waals surface area (Å²) in [6, 6.07) is 5.76. The van der Waals surface area contributed by atoms with Crippen molar-refractivity contribution in [3.63, 3.8) is 0 Å². The minimum atomic E-state index is -0.145. The molecule has 0 aliphatic carbocycles. The highest BCUT2D eigenvalue weighted by atomic mass is 16.5. The summed E-state index contributed by atoms with van der Waals surface area (Å²) in [6.45, 7) is 10.4. The topological polar surface area (TPSA) is 68.6 Å². The minimum Gasteiger partial charge on any atom is -0.493 e. The van der Waals surface area contributed by atoms with Crippen LogP contribution in [0.4, 0.5) is 0 Å². The Kier molecular flexibility index (Phi) is 7.02. The first kappa shape index (κ1) is 22.2. The number of hydrogen-bond donors (Lipinski definition) is 1. The first-order valence-corrected chi connectivity index (χ1v) is 10.7. The smallest absolute Gasteiger partial charge is 0.251 e. The van der Waals surface area contributed by atoms with E-state index < -0.39 is 0 Å². The second kappa shape index (κ2) is 9.51. The van der Waals surface area contributed by atoms with E-state index >= 15 is 0 Å². The minimum absolute atomic E-state index is 0.129. The van der Waals surface area contributed by atoms with Crippen LogP contribution >= 0.6 is 0 Å². The number of ether oxygens (including phenoxy) is 2. The maximum absolute atomic E-state index is 12.9. The van der Waals surface area contributed by atoms with Gasteiger partial charge in [-0.3, -0.25) is 9.48 Å². The van der Waals surface area contributed by atoms with Crippen LogP contribution in [0, 0.1) is 6.92 Å². The third-order valence-corrected chi connectivity index (χ3v) is 5.79. The van der Waals surface area contributed by atoms with Crippen LogP contribution < -0.4 is 14.8 Å². The van der Waals surface area contributed by atoms with Gasteiger partial charge < -0.3 is 19.7 Å². The van der Waals surface area contributed by atoms with Gasteiger partial charge in [0.1, 0.15) is 6.10 Å². The highest BCUT2D eigenvalue weighted by Gasteiger charge is 2.24. The maximum Gasteiger partial charge on any atom is 0.251 e. The van der Waals surface area contributed by atoms with Crippen LogP contribution in [0.2, 0.25) is 0 Å². The van der Waals surface area contributed by atoms with Crippen LogP contribution in [0.5, 0.6) is 11.5 Å². The van der Waals surface area contributed by atoms with Crippen LogP contribution in [0.15, 0.2) is 24.4 Å². The summed E-state index contributed by atoms with van der Waals surface area (Å²) >= 11 is 0. The van der Waals surface area contributed by atoms with Crippen LogP contribution in [0.25, 0.3) is 0 Å². The molecule has 1 aromatic heterocycles. The van der Waals surface area contributed by atoms with E-state index in [1.807, 2.05) is 27.1 Å². The molecule has 2 heterocycles. The largest absolute Gasteiger partial charge is 0.493 e. The average Bonchev–Trinajstić information content (AvgIpc) is 3.06. The fourth-order valence-corrected chi connectivity index (χ4v) is 4.00. The van der Waals surface area contributed by atoms with E-state index in [-0.39, 0.29) is 18.1 Å². The molecule has 1 aromatic carbocycles. The Labute approximate surface area is 179 Å². The van der Waals surface area contributed by atoms with Gasteiger partial charge in [0.15, 0.2) is 11.5 Å². The number of amides is 1. The predicted molar refractivity (Wildman–Crippen MR) is 117 cm³/mol. The number of aryl methyl sites for hydroxylation is 2. The van der Waals surface area contributed by atoms with E-state index in [4.69, 9.17) is 9.47 Å². The van der Waals surface area contributed by atoms with Gasteiger partial charge in [0.2, 0.25) is 0 Å². The molecule has 7 nitrogen and oxygen atoms in total. The third-order valence-electron chi connectivity index (χ3n) is 5.79. The SMILES string of the molecule is COc1ccc(C(=O)N[C@H](C)c2cn(C)nc2C)cc1OC1CCN(C(C)C)CC1. The summed E-state index contributed by atoms with van der Waals surface area (Å²) in [6.07, 6.45) is 4.00. The number of methoxy groups -OCH3 is 1. The summed E-state index contributed by atoms with van der Waals surface area (Å²) in [5.41, 5.74) is 2.48. The Morgan fingerprint density at radius 3 is 2.47 bits per heavy atom. The van der Waals surface area contributed by atoms with Gasteiger partial charge in [-0.05, 0) is 58.7 Å².